The lowest BCUT2D eigenvalue weighted by Crippen LogP contribution is -2.00. The molecule has 0 fully saturated rings. The third kappa shape index (κ3) is 0.924. The summed E-state index contributed by atoms with van der Waals surface area (Å²) in [6.07, 6.45) is 2.97. The second-order valence-electron chi connectivity index (χ2n) is 2.95. The first-order valence-corrected chi connectivity index (χ1v) is 4.03. The molecule has 0 heterocycles. The highest BCUT2D eigenvalue weighted by molar-refractivity contribution is 5.77. The van der Waals surface area contributed by atoms with Crippen LogP contribution in [-0.2, 0) is 6.42 Å². The summed E-state index contributed by atoms with van der Waals surface area (Å²) in [5, 5.41) is 9.54. The van der Waals surface area contributed by atoms with Gasteiger partial charge in [-0.05, 0) is 23.6 Å². The molecule has 12 heavy (non-hydrogen) atoms. The van der Waals surface area contributed by atoms with Crippen LogP contribution < -0.4 is 5.73 Å². The third-order valence-corrected chi connectivity index (χ3v) is 2.24. The van der Waals surface area contributed by atoms with E-state index in [1.807, 2.05) is 12.1 Å². The molecule has 3 N–H and O–H groups in total. The first kappa shape index (κ1) is 7.37. The van der Waals surface area contributed by atoms with Gasteiger partial charge in [-0.2, -0.15) is 0 Å². The third-order valence-electron chi connectivity index (χ3n) is 2.24. The van der Waals surface area contributed by atoms with E-state index in [-0.39, 0.29) is 0 Å². The van der Waals surface area contributed by atoms with Crippen molar-refractivity contribution in [2.45, 2.75) is 6.42 Å². The van der Waals surface area contributed by atoms with Crippen LogP contribution in [-0.4, -0.2) is 11.7 Å². The van der Waals surface area contributed by atoms with Crippen molar-refractivity contribution < 1.29 is 5.11 Å². The topological polar surface area (TPSA) is 46.2 Å². The van der Waals surface area contributed by atoms with Crippen molar-refractivity contribution in [3.63, 3.8) is 0 Å². The lowest BCUT2D eigenvalue weighted by Gasteiger charge is -2.04. The zero-order valence-electron chi connectivity index (χ0n) is 6.75. The largest absolute Gasteiger partial charge is 0.507 e. The zero-order valence-corrected chi connectivity index (χ0v) is 6.75. The number of fused-ring (bicyclic) bond motifs is 1. The fourth-order valence-corrected chi connectivity index (χ4v) is 1.65. The van der Waals surface area contributed by atoms with Gasteiger partial charge in [-0.3, -0.25) is 0 Å². The van der Waals surface area contributed by atoms with E-state index in [0.29, 0.717) is 12.3 Å². The summed E-state index contributed by atoms with van der Waals surface area (Å²) in [7, 11) is 0. The van der Waals surface area contributed by atoms with E-state index in [4.69, 9.17) is 5.73 Å². The number of benzene rings is 1. The van der Waals surface area contributed by atoms with Crippen molar-refractivity contribution >= 4 is 5.57 Å². The summed E-state index contributed by atoms with van der Waals surface area (Å²) in [6, 6.07) is 5.59. The number of rotatable bonds is 1. The monoisotopic (exact) mass is 161 g/mol. The molecule has 1 aliphatic rings. The highest BCUT2D eigenvalue weighted by atomic mass is 16.3. The molecular formula is C10H11NO. The summed E-state index contributed by atoms with van der Waals surface area (Å²) in [5.74, 6) is 0.349. The molecule has 0 saturated carbocycles. The molecule has 0 aliphatic heterocycles. The fourth-order valence-electron chi connectivity index (χ4n) is 1.65. The Morgan fingerprint density at radius 2 is 2.25 bits per heavy atom. The van der Waals surface area contributed by atoms with Crippen LogP contribution in [0, 0.1) is 0 Å². The van der Waals surface area contributed by atoms with Crippen molar-refractivity contribution in [3.8, 4) is 5.75 Å². The highest BCUT2D eigenvalue weighted by Gasteiger charge is 2.15. The van der Waals surface area contributed by atoms with Gasteiger partial charge in [0.15, 0.2) is 0 Å². The molecule has 0 amide bonds. The molecule has 0 atom stereocenters. The van der Waals surface area contributed by atoms with Crippen molar-refractivity contribution in [3.05, 3.63) is 35.4 Å². The summed E-state index contributed by atoms with van der Waals surface area (Å²) in [4.78, 5) is 0. The standard InChI is InChI=1S/C10H11NO/c11-6-8-5-4-7-2-1-3-9(12)10(7)8/h1-3,5,12H,4,6,11H2. The molecule has 2 heteroatoms. The minimum Gasteiger partial charge on any atom is -0.507 e. The maximum atomic E-state index is 9.54. The minimum absolute atomic E-state index is 0.349. The molecule has 1 aromatic rings. The molecule has 0 spiro atoms. The summed E-state index contributed by atoms with van der Waals surface area (Å²) in [5.41, 5.74) is 8.72. The Morgan fingerprint density at radius 3 is 3.00 bits per heavy atom. The van der Waals surface area contributed by atoms with Crippen molar-refractivity contribution in [1.82, 2.24) is 0 Å². The van der Waals surface area contributed by atoms with Crippen LogP contribution in [0.3, 0.4) is 0 Å². The maximum Gasteiger partial charge on any atom is 0.123 e. The van der Waals surface area contributed by atoms with Gasteiger partial charge in [0.25, 0.3) is 0 Å². The maximum absolute atomic E-state index is 9.54. The normalized spacial score (nSPS) is 14.2. The van der Waals surface area contributed by atoms with E-state index in [1.54, 1.807) is 6.07 Å². The molecule has 2 rings (SSSR count). The second kappa shape index (κ2) is 2.64. The molecule has 0 aromatic heterocycles. The lowest BCUT2D eigenvalue weighted by molar-refractivity contribution is 0.473. The van der Waals surface area contributed by atoms with Gasteiger partial charge in [0.1, 0.15) is 5.75 Å². The first-order valence-electron chi connectivity index (χ1n) is 4.03. The fraction of sp³-hybridized carbons (Fsp3) is 0.200. The quantitative estimate of drug-likeness (QED) is 0.652. The average Bonchev–Trinajstić information content (AvgIpc) is 2.49. The molecule has 62 valence electrons. The molecule has 0 unspecified atom stereocenters. The number of phenols is 1. The number of hydrogen-bond donors (Lipinski definition) is 2. The smallest absolute Gasteiger partial charge is 0.123 e. The van der Waals surface area contributed by atoms with Crippen molar-refractivity contribution in [1.29, 1.82) is 0 Å². The summed E-state index contributed by atoms with van der Waals surface area (Å²) in [6.45, 7) is 0.505. The van der Waals surface area contributed by atoms with Crippen molar-refractivity contribution in [2.24, 2.45) is 5.73 Å². The number of phenolic OH excluding ortho intramolecular Hbond substituents is 1. The van der Waals surface area contributed by atoms with Gasteiger partial charge in [-0.25, -0.2) is 0 Å². The minimum atomic E-state index is 0.349. The number of aromatic hydroxyl groups is 1. The first-order chi connectivity index (χ1) is 5.83. The van der Waals surface area contributed by atoms with Gasteiger partial charge in [-0.1, -0.05) is 18.2 Å². The molecule has 0 saturated heterocycles. The molecular weight excluding hydrogens is 150 g/mol. The molecule has 1 aliphatic carbocycles. The molecule has 1 aromatic carbocycles. The Balaban J connectivity index is 2.57. The molecule has 2 nitrogen and oxygen atoms in total. The van der Waals surface area contributed by atoms with Crippen LogP contribution >= 0.6 is 0 Å². The van der Waals surface area contributed by atoms with Crippen LogP contribution in [0.15, 0.2) is 24.3 Å². The molecule has 0 bridgehead atoms. The van der Waals surface area contributed by atoms with E-state index in [1.165, 1.54) is 5.56 Å². The average molecular weight is 161 g/mol. The van der Waals surface area contributed by atoms with E-state index in [9.17, 15) is 5.11 Å². The predicted octanol–water partition coefficient (Wildman–Crippen LogP) is 1.29. The Morgan fingerprint density at radius 1 is 1.42 bits per heavy atom. The van der Waals surface area contributed by atoms with E-state index in [2.05, 4.69) is 6.08 Å². The van der Waals surface area contributed by atoms with Crippen LogP contribution in [0.2, 0.25) is 0 Å². The van der Waals surface area contributed by atoms with E-state index < -0.39 is 0 Å². The predicted molar refractivity (Wildman–Crippen MR) is 48.8 cm³/mol. The van der Waals surface area contributed by atoms with E-state index in [0.717, 1.165) is 17.6 Å². The summed E-state index contributed by atoms with van der Waals surface area (Å²) >= 11 is 0. The Bertz CT molecular complexity index is 342. The lowest BCUT2D eigenvalue weighted by atomic mass is 10.0. The van der Waals surface area contributed by atoms with Crippen LogP contribution in [0.1, 0.15) is 11.1 Å². The Hall–Kier alpha value is -1.28. The van der Waals surface area contributed by atoms with E-state index >= 15 is 0 Å². The number of hydrogen-bond acceptors (Lipinski definition) is 2. The summed E-state index contributed by atoms with van der Waals surface area (Å²) < 4.78 is 0. The highest BCUT2D eigenvalue weighted by Crippen LogP contribution is 2.33. The van der Waals surface area contributed by atoms with Gasteiger partial charge >= 0.3 is 0 Å². The molecule has 0 radical (unpaired) electrons. The zero-order chi connectivity index (χ0) is 8.55. The SMILES string of the molecule is NCC1=CCc2cccc(O)c21. The number of allylic oxidation sites excluding steroid dienone is 1. The van der Waals surface area contributed by atoms with Gasteiger partial charge in [-0.15, -0.1) is 0 Å². The van der Waals surface area contributed by atoms with Crippen molar-refractivity contribution in [2.75, 3.05) is 6.54 Å². The second-order valence-corrected chi connectivity index (χ2v) is 2.95. The van der Waals surface area contributed by atoms with Crippen LogP contribution in [0.25, 0.3) is 5.57 Å². The van der Waals surface area contributed by atoms with Gasteiger partial charge < -0.3 is 10.8 Å². The number of nitrogens with two attached hydrogens (primary N) is 1. The van der Waals surface area contributed by atoms with Gasteiger partial charge in [0.2, 0.25) is 0 Å². The van der Waals surface area contributed by atoms with Gasteiger partial charge in [0.05, 0.1) is 0 Å². The Kier molecular flexibility index (Phi) is 1.62. The van der Waals surface area contributed by atoms with Gasteiger partial charge in [0, 0.05) is 12.1 Å². The Labute approximate surface area is 71.3 Å². The van der Waals surface area contributed by atoms with Crippen LogP contribution in [0.4, 0.5) is 0 Å². The van der Waals surface area contributed by atoms with Crippen LogP contribution in [0.5, 0.6) is 5.75 Å².